The second-order valence-electron chi connectivity index (χ2n) is 7.53. The third-order valence-electron chi connectivity index (χ3n) is 5.29. The van der Waals surface area contributed by atoms with Gasteiger partial charge in [-0.3, -0.25) is 9.59 Å². The van der Waals surface area contributed by atoms with Gasteiger partial charge in [0.25, 0.3) is 11.8 Å². The second kappa shape index (κ2) is 9.53. The number of rotatable bonds is 6. The van der Waals surface area contributed by atoms with Crippen molar-refractivity contribution >= 4 is 44.8 Å². The number of esters is 1. The number of amides is 2. The van der Waals surface area contributed by atoms with Gasteiger partial charge in [0.05, 0.1) is 28.3 Å². The smallest absolute Gasteiger partial charge is 0.338 e. The van der Waals surface area contributed by atoms with Crippen LogP contribution in [0, 0.1) is 0 Å². The molecule has 0 saturated heterocycles. The van der Waals surface area contributed by atoms with Gasteiger partial charge in [0.1, 0.15) is 0 Å². The number of nitrogens with zero attached hydrogens (tertiary/aromatic N) is 1. The summed E-state index contributed by atoms with van der Waals surface area (Å²) in [5.41, 5.74) is 2.12. The first-order chi connectivity index (χ1) is 16.7. The number of anilines is 2. The van der Waals surface area contributed by atoms with Crippen LogP contribution in [0.3, 0.4) is 0 Å². The van der Waals surface area contributed by atoms with Gasteiger partial charge in [-0.05, 0) is 61.5 Å². The van der Waals surface area contributed by atoms with E-state index in [1.807, 2.05) is 0 Å². The molecule has 2 amide bonds. The van der Waals surface area contributed by atoms with Crippen molar-refractivity contribution in [2.45, 2.75) is 11.8 Å². The van der Waals surface area contributed by atoms with Crippen LogP contribution in [0.1, 0.15) is 33.2 Å². The summed E-state index contributed by atoms with van der Waals surface area (Å²) in [6, 6.07) is 18.4. The molecule has 0 aromatic heterocycles. The molecule has 1 aliphatic rings. The van der Waals surface area contributed by atoms with Gasteiger partial charge in [-0.2, -0.15) is 0 Å². The van der Waals surface area contributed by atoms with Crippen molar-refractivity contribution < 1.29 is 27.5 Å². The third kappa shape index (κ3) is 4.84. The molecule has 4 rings (SSSR count). The molecule has 0 atom stereocenters. The molecule has 3 aromatic carbocycles. The van der Waals surface area contributed by atoms with Crippen LogP contribution in [0.5, 0.6) is 0 Å². The van der Waals surface area contributed by atoms with Crippen molar-refractivity contribution in [2.75, 3.05) is 16.8 Å². The zero-order valence-corrected chi connectivity index (χ0v) is 19.4. The fourth-order valence-electron chi connectivity index (χ4n) is 3.58. The Labute approximate surface area is 201 Å². The summed E-state index contributed by atoms with van der Waals surface area (Å²) in [6.45, 7) is 1.93. The Bertz CT molecular complexity index is 1450. The highest BCUT2D eigenvalue weighted by molar-refractivity contribution is 7.89. The summed E-state index contributed by atoms with van der Waals surface area (Å²) in [7, 11) is -3.83. The van der Waals surface area contributed by atoms with Crippen molar-refractivity contribution in [3.63, 3.8) is 0 Å². The van der Waals surface area contributed by atoms with E-state index in [1.165, 1.54) is 54.7 Å². The minimum absolute atomic E-state index is 0.0437. The largest absolute Gasteiger partial charge is 0.462 e. The molecule has 0 fully saturated rings. The fraction of sp³-hybridized carbons (Fsp3) is 0.0800. The van der Waals surface area contributed by atoms with E-state index in [1.54, 1.807) is 31.2 Å². The van der Waals surface area contributed by atoms with Crippen LogP contribution in [0.2, 0.25) is 0 Å². The molecule has 0 spiro atoms. The van der Waals surface area contributed by atoms with Crippen molar-refractivity contribution in [1.29, 1.82) is 0 Å². The summed E-state index contributed by atoms with van der Waals surface area (Å²) >= 11 is 0. The maximum Gasteiger partial charge on any atom is 0.338 e. The van der Waals surface area contributed by atoms with Gasteiger partial charge in [-0.25, -0.2) is 23.3 Å². The van der Waals surface area contributed by atoms with Gasteiger partial charge >= 0.3 is 5.97 Å². The number of primary sulfonamides is 1. The average molecular weight is 492 g/mol. The number of nitrogens with one attached hydrogen (secondary N) is 1. The Balaban J connectivity index is 1.69. The first-order valence-corrected chi connectivity index (χ1v) is 12.1. The fourth-order valence-corrected chi connectivity index (χ4v) is 4.10. The van der Waals surface area contributed by atoms with E-state index in [2.05, 4.69) is 5.32 Å². The maximum atomic E-state index is 13.4. The van der Waals surface area contributed by atoms with Crippen LogP contribution < -0.4 is 15.4 Å². The molecule has 3 aromatic rings. The summed E-state index contributed by atoms with van der Waals surface area (Å²) in [5.74, 6) is -1.56. The van der Waals surface area contributed by atoms with E-state index in [9.17, 15) is 22.8 Å². The van der Waals surface area contributed by atoms with Gasteiger partial charge in [-0.15, -0.1) is 0 Å². The van der Waals surface area contributed by atoms with Crippen molar-refractivity contribution in [2.24, 2.45) is 5.14 Å². The van der Waals surface area contributed by atoms with Gasteiger partial charge in [0, 0.05) is 23.0 Å². The molecule has 9 nitrogen and oxygen atoms in total. The van der Waals surface area contributed by atoms with E-state index in [-0.39, 0.29) is 17.1 Å². The molecule has 0 saturated carbocycles. The number of benzene rings is 3. The molecule has 0 radical (unpaired) electrons. The van der Waals surface area contributed by atoms with Crippen molar-refractivity contribution in [3.05, 3.63) is 95.7 Å². The molecular formula is C25H21N3O6S. The minimum Gasteiger partial charge on any atom is -0.462 e. The van der Waals surface area contributed by atoms with Crippen LogP contribution in [-0.4, -0.2) is 32.8 Å². The Morgan fingerprint density at radius 1 is 0.943 bits per heavy atom. The number of hydrogen-bond donors (Lipinski definition) is 2. The Hall–Kier alpha value is -4.28. The molecule has 3 N–H and O–H groups in total. The Morgan fingerprint density at radius 3 is 2.17 bits per heavy atom. The molecular weight excluding hydrogens is 470 g/mol. The number of hydrogen-bond acceptors (Lipinski definition) is 7. The van der Waals surface area contributed by atoms with E-state index in [0.717, 1.165) is 4.90 Å². The van der Waals surface area contributed by atoms with Crippen LogP contribution in [0.15, 0.2) is 83.9 Å². The van der Waals surface area contributed by atoms with E-state index < -0.39 is 27.8 Å². The molecule has 178 valence electrons. The van der Waals surface area contributed by atoms with E-state index in [4.69, 9.17) is 9.88 Å². The molecule has 0 aliphatic carbocycles. The van der Waals surface area contributed by atoms with E-state index in [0.29, 0.717) is 28.1 Å². The van der Waals surface area contributed by atoms with Crippen LogP contribution >= 0.6 is 0 Å². The highest BCUT2D eigenvalue weighted by atomic mass is 32.2. The predicted molar refractivity (Wildman–Crippen MR) is 130 cm³/mol. The number of carbonyl (C=O) groups is 3. The molecule has 0 bridgehead atoms. The summed E-state index contributed by atoms with van der Waals surface area (Å²) in [5, 5.41) is 8.10. The third-order valence-corrected chi connectivity index (χ3v) is 6.22. The number of sulfonamides is 1. The van der Waals surface area contributed by atoms with Gasteiger partial charge in [-0.1, -0.05) is 18.2 Å². The average Bonchev–Trinajstić information content (AvgIpc) is 2.84. The predicted octanol–water partition coefficient (Wildman–Crippen LogP) is 3.15. The highest BCUT2D eigenvalue weighted by Crippen LogP contribution is 2.32. The molecule has 0 unspecified atom stereocenters. The lowest BCUT2D eigenvalue weighted by Gasteiger charge is -2.28. The maximum absolute atomic E-state index is 13.4. The quantitative estimate of drug-likeness (QED) is 0.307. The number of nitrogens with two attached hydrogens (primary N) is 1. The first-order valence-electron chi connectivity index (χ1n) is 10.6. The van der Waals surface area contributed by atoms with Gasteiger partial charge < -0.3 is 10.1 Å². The number of carbonyl (C=O) groups excluding carboxylic acids is 3. The lowest BCUT2D eigenvalue weighted by molar-refractivity contribution is -0.112. The molecule has 35 heavy (non-hydrogen) atoms. The molecule has 10 heteroatoms. The second-order valence-corrected chi connectivity index (χ2v) is 9.09. The topological polar surface area (TPSA) is 136 Å². The van der Waals surface area contributed by atoms with Crippen LogP contribution in [0.4, 0.5) is 11.4 Å². The molecule has 1 heterocycles. The van der Waals surface area contributed by atoms with E-state index >= 15 is 0 Å². The highest BCUT2D eigenvalue weighted by Gasteiger charge is 2.35. The minimum atomic E-state index is -3.83. The Kier molecular flexibility index (Phi) is 6.50. The van der Waals surface area contributed by atoms with Crippen molar-refractivity contribution in [1.82, 2.24) is 0 Å². The zero-order valence-electron chi connectivity index (χ0n) is 18.6. The number of fused-ring (bicyclic) bond motifs is 1. The SMILES string of the molecule is CCOC(=O)c1ccc(N2C(=O)/C(=C\Nc3ccc(S(N)(=O)=O)cc3)c3ccccc3C2=O)cc1. The zero-order chi connectivity index (χ0) is 25.2. The lowest BCUT2D eigenvalue weighted by atomic mass is 9.93. The number of ether oxygens (including phenoxy) is 1. The molecule has 1 aliphatic heterocycles. The standard InChI is InChI=1S/C25H21N3O6S/c1-2-34-25(31)16-7-11-18(12-8-16)28-23(29)21-6-4-3-5-20(21)22(24(28)30)15-27-17-9-13-19(14-10-17)35(26,32)33/h3-15,27H,2H2,1H3,(H2,26,32,33)/b22-15-. The van der Waals surface area contributed by atoms with Crippen molar-refractivity contribution in [3.8, 4) is 0 Å². The summed E-state index contributed by atoms with van der Waals surface area (Å²) in [4.78, 5) is 39.6. The number of imide groups is 1. The normalized spacial score (nSPS) is 14.6. The van der Waals surface area contributed by atoms with Gasteiger partial charge in [0.2, 0.25) is 10.0 Å². The van der Waals surface area contributed by atoms with Crippen LogP contribution in [0.25, 0.3) is 5.57 Å². The van der Waals surface area contributed by atoms with Gasteiger partial charge in [0.15, 0.2) is 0 Å². The lowest BCUT2D eigenvalue weighted by Crippen LogP contribution is -2.42. The Morgan fingerprint density at radius 2 is 1.57 bits per heavy atom. The monoisotopic (exact) mass is 491 g/mol. The first kappa shape index (κ1) is 23.9. The summed E-state index contributed by atoms with van der Waals surface area (Å²) in [6.07, 6.45) is 1.46. The van der Waals surface area contributed by atoms with Crippen LogP contribution in [-0.2, 0) is 19.6 Å². The summed E-state index contributed by atoms with van der Waals surface area (Å²) < 4.78 is 27.9.